The molecule has 0 aromatic carbocycles. The molecule has 0 radical (unpaired) electrons. The molecule has 0 bridgehead atoms. The molecule has 12 heavy (non-hydrogen) atoms. The number of hydrogen-bond donors (Lipinski definition) is 1. The maximum absolute atomic E-state index is 5.62. The lowest BCUT2D eigenvalue weighted by atomic mass is 10.1. The van der Waals surface area contributed by atoms with Gasteiger partial charge in [0.05, 0.1) is 6.10 Å². The monoisotopic (exact) mass is 169 g/mol. The topological polar surface area (TPSA) is 21.3 Å². The highest BCUT2D eigenvalue weighted by atomic mass is 16.5. The minimum absolute atomic E-state index is 0.512. The van der Waals surface area contributed by atoms with E-state index in [4.69, 9.17) is 4.74 Å². The van der Waals surface area contributed by atoms with Crippen LogP contribution in [0.2, 0.25) is 0 Å². The maximum atomic E-state index is 5.62. The Labute approximate surface area is 74.7 Å². The maximum Gasteiger partial charge on any atom is 0.0699 e. The highest BCUT2D eigenvalue weighted by Crippen LogP contribution is 2.27. The average molecular weight is 169 g/mol. The Morgan fingerprint density at radius 2 is 2.00 bits per heavy atom. The Kier molecular flexibility index (Phi) is 3.01. The van der Waals surface area contributed by atoms with Gasteiger partial charge in [-0.3, -0.25) is 0 Å². The molecule has 1 aliphatic heterocycles. The SMILES string of the molecule is C1CCC(CNCC2CC2)OC1. The third-order valence-corrected chi connectivity index (χ3v) is 2.78. The molecule has 1 N–H and O–H groups in total. The molecule has 2 rings (SSSR count). The Bertz CT molecular complexity index is 128. The van der Waals surface area contributed by atoms with Gasteiger partial charge in [0, 0.05) is 13.2 Å². The zero-order chi connectivity index (χ0) is 8.23. The van der Waals surface area contributed by atoms with Crippen LogP contribution in [0.4, 0.5) is 0 Å². The lowest BCUT2D eigenvalue weighted by molar-refractivity contribution is 0.0169. The van der Waals surface area contributed by atoms with E-state index in [1.807, 2.05) is 0 Å². The summed E-state index contributed by atoms with van der Waals surface area (Å²) in [4.78, 5) is 0. The van der Waals surface area contributed by atoms with Crippen molar-refractivity contribution < 1.29 is 4.74 Å². The van der Waals surface area contributed by atoms with Gasteiger partial charge in [-0.2, -0.15) is 0 Å². The Balaban J connectivity index is 1.52. The van der Waals surface area contributed by atoms with Crippen molar-refractivity contribution in [2.75, 3.05) is 19.7 Å². The molecule has 70 valence electrons. The van der Waals surface area contributed by atoms with Crippen LogP contribution in [0.3, 0.4) is 0 Å². The second-order valence-corrected chi connectivity index (χ2v) is 4.09. The predicted molar refractivity (Wildman–Crippen MR) is 49.2 cm³/mol. The third-order valence-electron chi connectivity index (χ3n) is 2.78. The fourth-order valence-electron chi connectivity index (χ4n) is 1.74. The number of hydrogen-bond acceptors (Lipinski definition) is 2. The zero-order valence-corrected chi connectivity index (χ0v) is 7.72. The standard InChI is InChI=1S/C10H19NO/c1-2-6-12-10(3-1)8-11-7-9-4-5-9/h9-11H,1-8H2. The molecule has 2 aliphatic rings. The number of rotatable bonds is 4. The molecule has 2 heteroatoms. The highest BCUT2D eigenvalue weighted by molar-refractivity contribution is 4.76. The van der Waals surface area contributed by atoms with Crippen LogP contribution < -0.4 is 5.32 Å². The summed E-state index contributed by atoms with van der Waals surface area (Å²) in [5.74, 6) is 0.994. The smallest absolute Gasteiger partial charge is 0.0699 e. The second-order valence-electron chi connectivity index (χ2n) is 4.09. The van der Waals surface area contributed by atoms with Gasteiger partial charge in [0.1, 0.15) is 0 Å². The largest absolute Gasteiger partial charge is 0.377 e. The van der Waals surface area contributed by atoms with Crippen LogP contribution >= 0.6 is 0 Å². The van der Waals surface area contributed by atoms with Gasteiger partial charge in [-0.05, 0) is 44.6 Å². The van der Waals surface area contributed by atoms with E-state index in [-0.39, 0.29) is 0 Å². The molecule has 0 amide bonds. The van der Waals surface area contributed by atoms with Crippen molar-refractivity contribution in [1.29, 1.82) is 0 Å². The molecule has 1 saturated heterocycles. The summed E-state index contributed by atoms with van der Waals surface area (Å²) in [6.45, 7) is 3.28. The molecule has 2 fully saturated rings. The Morgan fingerprint density at radius 1 is 1.08 bits per heavy atom. The van der Waals surface area contributed by atoms with Crippen LogP contribution in [0, 0.1) is 5.92 Å². The van der Waals surface area contributed by atoms with Crippen LogP contribution in [0.15, 0.2) is 0 Å². The van der Waals surface area contributed by atoms with Crippen LogP contribution in [0.1, 0.15) is 32.1 Å². The summed E-state index contributed by atoms with van der Waals surface area (Å²) >= 11 is 0. The second kappa shape index (κ2) is 4.24. The molecule has 1 unspecified atom stereocenters. The van der Waals surface area contributed by atoms with E-state index in [1.165, 1.54) is 38.6 Å². The van der Waals surface area contributed by atoms with Gasteiger partial charge in [-0.1, -0.05) is 0 Å². The normalized spacial score (nSPS) is 30.5. The summed E-state index contributed by atoms with van der Waals surface area (Å²) < 4.78 is 5.62. The van der Waals surface area contributed by atoms with Crippen molar-refractivity contribution in [3.8, 4) is 0 Å². The zero-order valence-electron chi connectivity index (χ0n) is 7.72. The molecular weight excluding hydrogens is 150 g/mol. The third kappa shape index (κ3) is 2.76. The van der Waals surface area contributed by atoms with Gasteiger partial charge >= 0.3 is 0 Å². The van der Waals surface area contributed by atoms with E-state index in [1.54, 1.807) is 0 Å². The molecule has 0 spiro atoms. The molecule has 1 atom stereocenters. The van der Waals surface area contributed by atoms with Gasteiger partial charge in [0.25, 0.3) is 0 Å². The van der Waals surface area contributed by atoms with E-state index >= 15 is 0 Å². The molecule has 0 aromatic heterocycles. The van der Waals surface area contributed by atoms with E-state index in [2.05, 4.69) is 5.32 Å². The predicted octanol–water partition coefficient (Wildman–Crippen LogP) is 1.56. The van der Waals surface area contributed by atoms with Crippen LogP contribution in [0.5, 0.6) is 0 Å². The lowest BCUT2D eigenvalue weighted by Gasteiger charge is -2.22. The summed E-state index contributed by atoms with van der Waals surface area (Å²) in [6.07, 6.45) is 7.28. The molecule has 1 aliphatic carbocycles. The van der Waals surface area contributed by atoms with Gasteiger partial charge in [0.15, 0.2) is 0 Å². The van der Waals surface area contributed by atoms with Crippen LogP contribution in [-0.4, -0.2) is 25.8 Å². The number of ether oxygens (including phenoxy) is 1. The van der Waals surface area contributed by atoms with E-state index < -0.39 is 0 Å². The molecule has 1 heterocycles. The van der Waals surface area contributed by atoms with Crippen molar-refractivity contribution in [2.24, 2.45) is 5.92 Å². The molecule has 1 saturated carbocycles. The summed E-state index contributed by atoms with van der Waals surface area (Å²) in [6, 6.07) is 0. The van der Waals surface area contributed by atoms with Gasteiger partial charge in [-0.15, -0.1) is 0 Å². The van der Waals surface area contributed by atoms with E-state index in [0.29, 0.717) is 6.10 Å². The minimum atomic E-state index is 0.512. The quantitative estimate of drug-likeness (QED) is 0.689. The molecule has 0 aromatic rings. The fraction of sp³-hybridized carbons (Fsp3) is 1.00. The van der Waals surface area contributed by atoms with E-state index in [0.717, 1.165) is 19.1 Å². The summed E-state index contributed by atoms with van der Waals surface area (Å²) in [5.41, 5.74) is 0. The highest BCUT2D eigenvalue weighted by Gasteiger charge is 2.21. The number of nitrogens with one attached hydrogen (secondary N) is 1. The lowest BCUT2D eigenvalue weighted by Crippen LogP contribution is -2.32. The van der Waals surface area contributed by atoms with Gasteiger partial charge in [0.2, 0.25) is 0 Å². The average Bonchev–Trinajstić information content (AvgIpc) is 2.90. The first-order chi connectivity index (χ1) is 5.95. The first-order valence-electron chi connectivity index (χ1n) is 5.27. The van der Waals surface area contributed by atoms with Crippen LogP contribution in [0.25, 0.3) is 0 Å². The van der Waals surface area contributed by atoms with Crippen molar-refractivity contribution >= 4 is 0 Å². The minimum Gasteiger partial charge on any atom is -0.377 e. The Hall–Kier alpha value is -0.0800. The summed E-state index contributed by atoms with van der Waals surface area (Å²) in [5, 5.41) is 3.49. The van der Waals surface area contributed by atoms with Gasteiger partial charge in [-0.25, -0.2) is 0 Å². The first-order valence-corrected chi connectivity index (χ1v) is 5.27. The Morgan fingerprint density at radius 3 is 2.67 bits per heavy atom. The molecular formula is C10H19NO. The van der Waals surface area contributed by atoms with Gasteiger partial charge < -0.3 is 10.1 Å². The van der Waals surface area contributed by atoms with E-state index in [9.17, 15) is 0 Å². The van der Waals surface area contributed by atoms with Crippen molar-refractivity contribution in [2.45, 2.75) is 38.2 Å². The van der Waals surface area contributed by atoms with Crippen molar-refractivity contribution in [1.82, 2.24) is 5.32 Å². The first kappa shape index (κ1) is 8.52. The van der Waals surface area contributed by atoms with Crippen molar-refractivity contribution in [3.63, 3.8) is 0 Å². The summed E-state index contributed by atoms with van der Waals surface area (Å²) in [7, 11) is 0. The van der Waals surface area contributed by atoms with Crippen LogP contribution in [-0.2, 0) is 4.74 Å². The fourth-order valence-corrected chi connectivity index (χ4v) is 1.74. The molecule has 2 nitrogen and oxygen atoms in total. The van der Waals surface area contributed by atoms with Crippen molar-refractivity contribution in [3.05, 3.63) is 0 Å².